The van der Waals surface area contributed by atoms with Crippen LogP contribution < -0.4 is 16.0 Å². The first kappa shape index (κ1) is 18.1. The summed E-state index contributed by atoms with van der Waals surface area (Å²) in [6, 6.07) is 7.61. The van der Waals surface area contributed by atoms with Gasteiger partial charge in [0, 0.05) is 24.0 Å². The van der Waals surface area contributed by atoms with E-state index < -0.39 is 0 Å². The zero-order valence-electron chi connectivity index (χ0n) is 13.1. The van der Waals surface area contributed by atoms with E-state index in [1.165, 1.54) is 11.8 Å². The Balaban J connectivity index is 1.73. The van der Waals surface area contributed by atoms with E-state index in [-0.39, 0.29) is 29.1 Å². The third kappa shape index (κ3) is 6.05. The predicted octanol–water partition coefficient (Wildman–Crippen LogP) is 2.25. The maximum Gasteiger partial charge on any atom is 0.230 e. The molecule has 1 fully saturated rings. The molecule has 2 rings (SSSR count). The number of nitrogens with one attached hydrogen (secondary N) is 3. The highest BCUT2D eigenvalue weighted by molar-refractivity contribution is 8.00. The Morgan fingerprint density at radius 1 is 1.43 bits per heavy atom. The van der Waals surface area contributed by atoms with Gasteiger partial charge in [0.2, 0.25) is 11.8 Å². The lowest BCUT2D eigenvalue weighted by atomic mass is 10.1. The summed E-state index contributed by atoms with van der Waals surface area (Å²) in [5, 5.41) is 9.69. The van der Waals surface area contributed by atoms with Crippen LogP contribution in [0.4, 0.5) is 0 Å². The largest absolute Gasteiger partial charge is 0.351 e. The molecule has 0 bridgehead atoms. The smallest absolute Gasteiger partial charge is 0.230 e. The summed E-state index contributed by atoms with van der Waals surface area (Å²) in [5.41, 5.74) is 0.679. The van der Waals surface area contributed by atoms with Crippen LogP contribution in [0, 0.1) is 0 Å². The highest BCUT2D eigenvalue weighted by Gasteiger charge is 2.25. The number of benzene rings is 1. The van der Waals surface area contributed by atoms with Crippen molar-refractivity contribution in [3.05, 3.63) is 34.9 Å². The molecule has 1 aliphatic rings. The molecule has 7 heteroatoms. The topological polar surface area (TPSA) is 70.2 Å². The summed E-state index contributed by atoms with van der Waals surface area (Å²) in [6.45, 7) is 2.50. The lowest BCUT2D eigenvalue weighted by Crippen LogP contribution is -2.55. The normalized spacial score (nSPS) is 20.9. The number of carbonyl (C=O) groups excluding carboxylic acids is 2. The van der Waals surface area contributed by atoms with Gasteiger partial charge in [-0.2, -0.15) is 0 Å². The molecule has 5 nitrogen and oxygen atoms in total. The third-order valence-corrected chi connectivity index (χ3v) is 4.95. The standard InChI is InChI=1S/C16H22ClN3O2S/c1-2-5-12-8-14(21)20-16(19-12)23-10-15(22)18-9-11-6-3-4-7-13(11)17/h3-4,6-7,12,16,19H,2,5,8-10H2,1H3,(H,18,22)(H,20,21). The molecule has 1 aromatic carbocycles. The molecular weight excluding hydrogens is 334 g/mol. The first-order valence-electron chi connectivity index (χ1n) is 7.75. The number of amides is 2. The first-order valence-corrected chi connectivity index (χ1v) is 9.18. The Morgan fingerprint density at radius 2 is 2.22 bits per heavy atom. The second kappa shape index (κ2) is 9.15. The SMILES string of the molecule is CCCC1CC(=O)NC(SCC(=O)NCc2ccccc2Cl)N1. The molecule has 0 aromatic heterocycles. The molecular formula is C16H22ClN3O2S. The fourth-order valence-electron chi connectivity index (χ4n) is 2.41. The molecule has 1 saturated heterocycles. The van der Waals surface area contributed by atoms with E-state index in [1.54, 1.807) is 6.07 Å². The maximum absolute atomic E-state index is 11.9. The summed E-state index contributed by atoms with van der Waals surface area (Å²) < 4.78 is 0. The third-order valence-electron chi connectivity index (χ3n) is 3.56. The van der Waals surface area contributed by atoms with E-state index in [4.69, 9.17) is 11.6 Å². The van der Waals surface area contributed by atoms with Gasteiger partial charge in [0.25, 0.3) is 0 Å². The lowest BCUT2D eigenvalue weighted by Gasteiger charge is -2.30. The van der Waals surface area contributed by atoms with Crippen molar-refractivity contribution in [2.75, 3.05) is 5.75 Å². The van der Waals surface area contributed by atoms with Gasteiger partial charge in [0.05, 0.1) is 5.75 Å². The first-order chi connectivity index (χ1) is 11.1. The minimum atomic E-state index is -0.209. The number of rotatable bonds is 7. The van der Waals surface area contributed by atoms with Crippen molar-refractivity contribution in [1.82, 2.24) is 16.0 Å². The number of hydrogen-bond acceptors (Lipinski definition) is 4. The second-order valence-electron chi connectivity index (χ2n) is 5.48. The van der Waals surface area contributed by atoms with Gasteiger partial charge in [-0.3, -0.25) is 14.9 Å². The highest BCUT2D eigenvalue weighted by Crippen LogP contribution is 2.16. The molecule has 1 aromatic rings. The maximum atomic E-state index is 11.9. The van der Waals surface area contributed by atoms with Crippen molar-refractivity contribution < 1.29 is 9.59 Å². The van der Waals surface area contributed by atoms with Gasteiger partial charge in [0.1, 0.15) is 5.50 Å². The number of hydrogen-bond donors (Lipinski definition) is 3. The molecule has 1 heterocycles. The van der Waals surface area contributed by atoms with Crippen molar-refractivity contribution in [2.45, 2.75) is 44.3 Å². The van der Waals surface area contributed by atoms with E-state index in [9.17, 15) is 9.59 Å². The van der Waals surface area contributed by atoms with Gasteiger partial charge < -0.3 is 10.6 Å². The van der Waals surface area contributed by atoms with Crippen LogP contribution >= 0.6 is 23.4 Å². The lowest BCUT2D eigenvalue weighted by molar-refractivity contribution is -0.123. The molecule has 2 atom stereocenters. The summed E-state index contributed by atoms with van der Waals surface area (Å²) in [6.07, 6.45) is 2.49. The van der Waals surface area contributed by atoms with Gasteiger partial charge in [-0.15, -0.1) is 11.8 Å². The monoisotopic (exact) mass is 355 g/mol. The highest BCUT2D eigenvalue weighted by atomic mass is 35.5. The fourth-order valence-corrected chi connectivity index (χ4v) is 3.54. The summed E-state index contributed by atoms with van der Waals surface area (Å²) in [7, 11) is 0. The molecule has 126 valence electrons. The van der Waals surface area contributed by atoms with E-state index in [0.717, 1.165) is 18.4 Å². The quantitative estimate of drug-likeness (QED) is 0.701. The van der Waals surface area contributed by atoms with E-state index in [0.29, 0.717) is 18.0 Å². The summed E-state index contributed by atoms with van der Waals surface area (Å²) in [4.78, 5) is 23.6. The average Bonchev–Trinajstić information content (AvgIpc) is 2.52. The molecule has 1 aliphatic heterocycles. The van der Waals surface area contributed by atoms with Crippen molar-refractivity contribution >= 4 is 35.2 Å². The van der Waals surface area contributed by atoms with Gasteiger partial charge in [0.15, 0.2) is 0 Å². The van der Waals surface area contributed by atoms with Crippen LogP contribution in [0.15, 0.2) is 24.3 Å². The van der Waals surface area contributed by atoms with Crippen LogP contribution in [0.2, 0.25) is 5.02 Å². The van der Waals surface area contributed by atoms with Crippen molar-refractivity contribution in [3.8, 4) is 0 Å². The summed E-state index contributed by atoms with van der Waals surface area (Å²) >= 11 is 7.44. The molecule has 0 spiro atoms. The second-order valence-corrected chi connectivity index (χ2v) is 6.98. The number of carbonyl (C=O) groups is 2. The van der Waals surface area contributed by atoms with Crippen LogP contribution in [0.25, 0.3) is 0 Å². The number of thioether (sulfide) groups is 1. The molecule has 0 radical (unpaired) electrons. The van der Waals surface area contributed by atoms with Crippen LogP contribution in [0.3, 0.4) is 0 Å². The van der Waals surface area contributed by atoms with Crippen LogP contribution in [-0.2, 0) is 16.1 Å². The molecule has 3 N–H and O–H groups in total. The Bertz CT molecular complexity index is 556. The van der Waals surface area contributed by atoms with Crippen LogP contribution in [0.1, 0.15) is 31.7 Å². The minimum absolute atomic E-state index is 0.0381. The van der Waals surface area contributed by atoms with Crippen molar-refractivity contribution in [2.24, 2.45) is 0 Å². The van der Waals surface area contributed by atoms with Crippen molar-refractivity contribution in [3.63, 3.8) is 0 Å². The molecule has 23 heavy (non-hydrogen) atoms. The van der Waals surface area contributed by atoms with Crippen LogP contribution in [-0.4, -0.2) is 29.1 Å². The van der Waals surface area contributed by atoms with Gasteiger partial charge >= 0.3 is 0 Å². The summed E-state index contributed by atoms with van der Waals surface area (Å²) in [5.74, 6) is 0.237. The fraction of sp³-hybridized carbons (Fsp3) is 0.500. The zero-order chi connectivity index (χ0) is 16.7. The molecule has 0 aliphatic carbocycles. The minimum Gasteiger partial charge on any atom is -0.351 e. The Kier molecular flexibility index (Phi) is 7.20. The molecule has 2 unspecified atom stereocenters. The zero-order valence-corrected chi connectivity index (χ0v) is 14.7. The average molecular weight is 356 g/mol. The van der Waals surface area contributed by atoms with Gasteiger partial charge in [-0.1, -0.05) is 43.1 Å². The predicted molar refractivity (Wildman–Crippen MR) is 94.1 cm³/mol. The van der Waals surface area contributed by atoms with E-state index >= 15 is 0 Å². The van der Waals surface area contributed by atoms with Gasteiger partial charge in [-0.05, 0) is 18.1 Å². The Labute approximate surface area is 145 Å². The number of halogens is 1. The molecule has 2 amide bonds. The van der Waals surface area contributed by atoms with Crippen molar-refractivity contribution in [1.29, 1.82) is 0 Å². The van der Waals surface area contributed by atoms with E-state index in [2.05, 4.69) is 22.9 Å². The van der Waals surface area contributed by atoms with Crippen LogP contribution in [0.5, 0.6) is 0 Å². The Hall–Kier alpha value is -1.24. The molecule has 0 saturated carbocycles. The van der Waals surface area contributed by atoms with E-state index in [1.807, 2.05) is 18.2 Å². The van der Waals surface area contributed by atoms with Gasteiger partial charge in [-0.25, -0.2) is 0 Å². The Morgan fingerprint density at radius 3 is 2.96 bits per heavy atom.